The fourth-order valence-electron chi connectivity index (χ4n) is 0. The molecule has 8 heteroatoms. The standard InChI is InChI=1S/2C3H6O3.Ca.ClH.2H/c2*1-2(4)3(5)6;;;;/h2*2,4H,1H3,(H,5,6);;1H;;/q;;+2;;2*-1. The molecule has 14 heavy (non-hydrogen) atoms. The van der Waals surface area contributed by atoms with Crippen molar-refractivity contribution in [2.24, 2.45) is 0 Å². The molecule has 0 amide bonds. The quantitative estimate of drug-likeness (QED) is 0.481. The van der Waals surface area contributed by atoms with E-state index in [0.717, 1.165) is 0 Å². The van der Waals surface area contributed by atoms with Crippen molar-refractivity contribution in [3.8, 4) is 0 Å². The van der Waals surface area contributed by atoms with E-state index in [1.807, 2.05) is 0 Å². The molecule has 0 radical (unpaired) electrons. The number of hydrogen-bond acceptors (Lipinski definition) is 4. The van der Waals surface area contributed by atoms with Gasteiger partial charge in [0, 0.05) is 0 Å². The van der Waals surface area contributed by atoms with E-state index in [0.29, 0.717) is 0 Å². The second kappa shape index (κ2) is 13.4. The Morgan fingerprint density at radius 3 is 1.07 bits per heavy atom. The van der Waals surface area contributed by atoms with Gasteiger partial charge in [-0.15, -0.1) is 12.4 Å². The molecular weight excluding hydrogens is 244 g/mol. The molecule has 0 fully saturated rings. The van der Waals surface area contributed by atoms with Gasteiger partial charge in [-0.05, 0) is 13.8 Å². The van der Waals surface area contributed by atoms with E-state index in [-0.39, 0.29) is 53.0 Å². The minimum atomic E-state index is -1.23. The van der Waals surface area contributed by atoms with Gasteiger partial charge in [0.1, 0.15) is 12.2 Å². The monoisotopic (exact) mass is 258 g/mol. The van der Waals surface area contributed by atoms with E-state index in [2.05, 4.69) is 0 Å². The summed E-state index contributed by atoms with van der Waals surface area (Å²) in [5.41, 5.74) is 0. The third kappa shape index (κ3) is 22.8. The molecule has 2 unspecified atom stereocenters. The number of aliphatic hydroxyl groups excluding tert-OH is 2. The molecule has 0 aromatic heterocycles. The molecule has 0 aliphatic heterocycles. The first kappa shape index (κ1) is 23.9. The van der Waals surface area contributed by atoms with Crippen LogP contribution >= 0.6 is 12.4 Å². The van der Waals surface area contributed by atoms with Crippen molar-refractivity contribution < 1.29 is 32.9 Å². The first-order valence-electron chi connectivity index (χ1n) is 3.10. The zero-order chi connectivity index (χ0) is 10.3. The van der Waals surface area contributed by atoms with Gasteiger partial charge in [0.25, 0.3) is 0 Å². The van der Waals surface area contributed by atoms with Crippen LogP contribution in [0.5, 0.6) is 0 Å². The Hall–Kier alpha value is 0.410. The maximum absolute atomic E-state index is 9.45. The Balaban J connectivity index is -0.0000000250. The van der Waals surface area contributed by atoms with Gasteiger partial charge in [-0.3, -0.25) is 0 Å². The summed E-state index contributed by atoms with van der Waals surface area (Å²) in [7, 11) is 0. The molecule has 0 rings (SSSR count). The summed E-state index contributed by atoms with van der Waals surface area (Å²) in [6.45, 7) is 2.39. The van der Waals surface area contributed by atoms with Crippen LogP contribution in [0.25, 0.3) is 0 Å². The van der Waals surface area contributed by atoms with Gasteiger partial charge in [0.15, 0.2) is 0 Å². The predicted octanol–water partition coefficient (Wildman–Crippen LogP) is -0.830. The second-order valence-corrected chi connectivity index (χ2v) is 2.03. The zero-order valence-electron chi connectivity index (χ0n) is 9.88. The van der Waals surface area contributed by atoms with Crippen LogP contribution in [-0.2, 0) is 9.59 Å². The minimum absolute atomic E-state index is 0. The minimum Gasteiger partial charge on any atom is -1.00 e. The summed E-state index contributed by atoms with van der Waals surface area (Å²) in [5.74, 6) is -2.37. The van der Waals surface area contributed by atoms with Crippen molar-refractivity contribution >= 4 is 62.1 Å². The molecule has 0 aromatic rings. The molecule has 0 aromatic carbocycles. The van der Waals surface area contributed by atoms with Crippen molar-refractivity contribution in [1.29, 1.82) is 0 Å². The summed E-state index contributed by atoms with van der Waals surface area (Å²) in [6.07, 6.45) is -2.46. The van der Waals surface area contributed by atoms with Crippen LogP contribution in [0.15, 0.2) is 0 Å². The molecule has 0 spiro atoms. The first-order valence-corrected chi connectivity index (χ1v) is 3.10. The van der Waals surface area contributed by atoms with Crippen molar-refractivity contribution in [2.75, 3.05) is 0 Å². The van der Waals surface area contributed by atoms with Gasteiger partial charge in [0.2, 0.25) is 0 Å². The number of hydrogen-bond donors (Lipinski definition) is 4. The van der Waals surface area contributed by atoms with Crippen molar-refractivity contribution in [2.45, 2.75) is 26.1 Å². The third-order valence-electron chi connectivity index (χ3n) is 0.715. The number of carboxylic acids is 2. The maximum atomic E-state index is 9.45. The second-order valence-electron chi connectivity index (χ2n) is 2.03. The zero-order valence-corrected chi connectivity index (χ0v) is 10.9. The molecule has 2 atom stereocenters. The van der Waals surface area contributed by atoms with E-state index < -0.39 is 24.1 Å². The number of carbonyl (C=O) groups is 2. The number of halogens is 1. The summed E-state index contributed by atoms with van der Waals surface area (Å²) in [4.78, 5) is 18.9. The van der Waals surface area contributed by atoms with Gasteiger partial charge in [0.05, 0.1) is 0 Å². The Bertz CT molecular complexity index is 151. The number of carboxylic acid groups (broad SMARTS) is 2. The summed E-state index contributed by atoms with van der Waals surface area (Å²) in [5, 5.41) is 31.5. The smallest absolute Gasteiger partial charge is 1.00 e. The molecule has 0 saturated heterocycles. The number of aliphatic hydroxyl groups is 2. The Labute approximate surface area is 120 Å². The fourth-order valence-corrected chi connectivity index (χ4v) is 0. The maximum Gasteiger partial charge on any atom is 2.00 e. The van der Waals surface area contributed by atoms with Gasteiger partial charge >= 0.3 is 49.7 Å². The van der Waals surface area contributed by atoms with Crippen LogP contribution < -0.4 is 0 Å². The fraction of sp³-hybridized carbons (Fsp3) is 0.667. The van der Waals surface area contributed by atoms with E-state index in [1.54, 1.807) is 0 Å². The topological polar surface area (TPSA) is 115 Å². The first-order chi connectivity index (χ1) is 5.29. The van der Waals surface area contributed by atoms with Crippen molar-refractivity contribution in [3.05, 3.63) is 0 Å². The Morgan fingerprint density at radius 1 is 1.00 bits per heavy atom. The molecule has 0 bridgehead atoms. The summed E-state index contributed by atoms with van der Waals surface area (Å²) in [6, 6.07) is 0. The van der Waals surface area contributed by atoms with Crippen LogP contribution in [0, 0.1) is 0 Å². The van der Waals surface area contributed by atoms with E-state index >= 15 is 0 Å². The summed E-state index contributed by atoms with van der Waals surface area (Å²) < 4.78 is 0. The third-order valence-corrected chi connectivity index (χ3v) is 0.715. The molecule has 4 N–H and O–H groups in total. The van der Waals surface area contributed by atoms with E-state index in [4.69, 9.17) is 20.4 Å². The molecule has 0 saturated carbocycles. The van der Waals surface area contributed by atoms with Crippen molar-refractivity contribution in [3.63, 3.8) is 0 Å². The van der Waals surface area contributed by atoms with E-state index in [1.165, 1.54) is 13.8 Å². The predicted molar refractivity (Wildman–Crippen MR) is 53.9 cm³/mol. The van der Waals surface area contributed by atoms with Crippen LogP contribution in [0.1, 0.15) is 16.7 Å². The average molecular weight is 259 g/mol. The van der Waals surface area contributed by atoms with Crippen LogP contribution in [0.2, 0.25) is 0 Å². The molecule has 0 heterocycles. The van der Waals surface area contributed by atoms with Gasteiger partial charge in [-0.1, -0.05) is 0 Å². The van der Waals surface area contributed by atoms with Gasteiger partial charge in [-0.2, -0.15) is 0 Å². The van der Waals surface area contributed by atoms with Crippen LogP contribution in [0.4, 0.5) is 0 Å². The van der Waals surface area contributed by atoms with Crippen LogP contribution in [0.3, 0.4) is 0 Å². The SMILES string of the molecule is CC(O)C(=O)O.CC(O)C(=O)O.Cl.[Ca+2].[H-].[H-]. The van der Waals surface area contributed by atoms with E-state index in [9.17, 15) is 9.59 Å². The van der Waals surface area contributed by atoms with Crippen LogP contribution in [-0.4, -0.2) is 82.3 Å². The summed E-state index contributed by atoms with van der Waals surface area (Å²) >= 11 is 0. The average Bonchev–Trinajstić information content (AvgIpc) is 1.88. The van der Waals surface area contributed by atoms with Crippen molar-refractivity contribution in [1.82, 2.24) is 0 Å². The molecule has 6 nitrogen and oxygen atoms in total. The molecular formula is C6H15CaClO6. The molecule has 84 valence electrons. The number of aliphatic carboxylic acids is 2. The van der Waals surface area contributed by atoms with Gasteiger partial charge in [-0.25, -0.2) is 9.59 Å². The molecule has 0 aliphatic rings. The van der Waals surface area contributed by atoms with Gasteiger partial charge < -0.3 is 23.3 Å². The number of rotatable bonds is 2. The largest absolute Gasteiger partial charge is 2.00 e. The normalized spacial score (nSPS) is 11.7. The Kier molecular flexibility index (Phi) is 22.9. The Morgan fingerprint density at radius 2 is 1.07 bits per heavy atom. The molecule has 0 aliphatic carbocycles.